The molecule has 3 atom stereocenters. The zero-order chi connectivity index (χ0) is 17.1. The fraction of sp³-hybridized carbons (Fsp3) is 0.667. The maximum absolute atomic E-state index is 9.81. The van der Waals surface area contributed by atoms with Crippen LogP contribution in [0.25, 0.3) is 0 Å². The Kier molecular flexibility index (Phi) is 6.03. The van der Waals surface area contributed by atoms with Crippen molar-refractivity contribution in [1.29, 1.82) is 0 Å². The highest BCUT2D eigenvalue weighted by molar-refractivity contribution is 6.74. The van der Waals surface area contributed by atoms with Gasteiger partial charge in [-0.3, -0.25) is 0 Å². The fourth-order valence-corrected chi connectivity index (χ4v) is 3.32. The number of hydrogen-bond acceptors (Lipinski definition) is 4. The van der Waals surface area contributed by atoms with Gasteiger partial charge in [0.2, 0.25) is 0 Å². The smallest absolute Gasteiger partial charge is 0.192 e. The van der Waals surface area contributed by atoms with Crippen LogP contribution in [0.3, 0.4) is 0 Å². The van der Waals surface area contributed by atoms with Gasteiger partial charge in [0.25, 0.3) is 0 Å². The average Bonchev–Trinajstić information content (AvgIpc) is 2.83. The van der Waals surface area contributed by atoms with Crippen molar-refractivity contribution < 1.29 is 19.0 Å². The van der Waals surface area contributed by atoms with Gasteiger partial charge in [-0.1, -0.05) is 51.1 Å². The van der Waals surface area contributed by atoms with Crippen LogP contribution < -0.4 is 0 Å². The molecular formula is C18H30O4Si. The van der Waals surface area contributed by atoms with Crippen molar-refractivity contribution in [3.63, 3.8) is 0 Å². The minimum Gasteiger partial charge on any atom is -0.414 e. The van der Waals surface area contributed by atoms with Crippen molar-refractivity contribution in [2.75, 3.05) is 6.61 Å². The van der Waals surface area contributed by atoms with E-state index in [0.717, 1.165) is 5.56 Å². The summed E-state index contributed by atoms with van der Waals surface area (Å²) in [5, 5.41) is 9.97. The Bertz CT molecular complexity index is 484. The van der Waals surface area contributed by atoms with Crippen molar-refractivity contribution in [2.45, 2.75) is 70.4 Å². The van der Waals surface area contributed by atoms with Gasteiger partial charge >= 0.3 is 0 Å². The highest BCUT2D eigenvalue weighted by Gasteiger charge is 2.41. The quantitative estimate of drug-likeness (QED) is 0.804. The lowest BCUT2D eigenvalue weighted by atomic mass is 10.2. The van der Waals surface area contributed by atoms with Gasteiger partial charge in [0.1, 0.15) is 6.10 Å². The maximum atomic E-state index is 9.81. The third kappa shape index (κ3) is 5.13. The second-order valence-electron chi connectivity index (χ2n) is 7.77. The summed E-state index contributed by atoms with van der Waals surface area (Å²) in [5.41, 5.74) is 1.12. The number of benzene rings is 1. The summed E-state index contributed by atoms with van der Waals surface area (Å²) in [5.74, 6) is 0. The lowest BCUT2D eigenvalue weighted by Crippen LogP contribution is -2.44. The Morgan fingerprint density at radius 1 is 1.22 bits per heavy atom. The highest BCUT2D eigenvalue weighted by atomic mass is 28.4. The van der Waals surface area contributed by atoms with Crippen LogP contribution in [0.2, 0.25) is 18.1 Å². The molecule has 0 aromatic heterocycles. The zero-order valence-corrected chi connectivity index (χ0v) is 15.9. The van der Waals surface area contributed by atoms with E-state index in [1.54, 1.807) is 0 Å². The molecule has 4 nitrogen and oxygen atoms in total. The minimum atomic E-state index is -1.83. The zero-order valence-electron chi connectivity index (χ0n) is 14.9. The molecular weight excluding hydrogens is 308 g/mol. The van der Waals surface area contributed by atoms with Crippen molar-refractivity contribution in [3.8, 4) is 0 Å². The van der Waals surface area contributed by atoms with Gasteiger partial charge in [-0.05, 0) is 23.7 Å². The normalized spacial score (nSPS) is 25.7. The number of aliphatic hydroxyl groups excluding tert-OH is 1. The van der Waals surface area contributed by atoms with E-state index in [4.69, 9.17) is 13.9 Å². The predicted molar refractivity (Wildman–Crippen MR) is 93.7 cm³/mol. The first-order chi connectivity index (χ1) is 10.7. The lowest BCUT2D eigenvalue weighted by Gasteiger charge is -2.37. The molecule has 1 heterocycles. The molecule has 1 aromatic carbocycles. The Morgan fingerprint density at radius 3 is 2.48 bits per heavy atom. The maximum Gasteiger partial charge on any atom is 0.192 e. The molecule has 1 aromatic rings. The second kappa shape index (κ2) is 7.45. The monoisotopic (exact) mass is 338 g/mol. The highest BCUT2D eigenvalue weighted by Crippen LogP contribution is 2.37. The summed E-state index contributed by atoms with van der Waals surface area (Å²) in [6, 6.07) is 10.1. The molecule has 1 N–H and O–H groups in total. The van der Waals surface area contributed by atoms with Crippen LogP contribution >= 0.6 is 0 Å². The van der Waals surface area contributed by atoms with E-state index in [2.05, 4.69) is 33.9 Å². The molecule has 1 aliphatic heterocycles. The summed E-state index contributed by atoms with van der Waals surface area (Å²) in [7, 11) is -1.83. The van der Waals surface area contributed by atoms with Gasteiger partial charge in [-0.25, -0.2) is 0 Å². The molecule has 23 heavy (non-hydrogen) atoms. The summed E-state index contributed by atoms with van der Waals surface area (Å²) in [6.45, 7) is 12.1. The van der Waals surface area contributed by atoms with Gasteiger partial charge in [0, 0.05) is 6.42 Å². The van der Waals surface area contributed by atoms with Gasteiger partial charge in [0.05, 0.1) is 19.3 Å². The van der Waals surface area contributed by atoms with Crippen molar-refractivity contribution >= 4 is 8.32 Å². The number of aliphatic hydroxyl groups is 1. The first-order valence-corrected chi connectivity index (χ1v) is 11.2. The van der Waals surface area contributed by atoms with E-state index in [9.17, 15) is 5.11 Å². The largest absolute Gasteiger partial charge is 0.414 e. The molecule has 0 aliphatic carbocycles. The minimum absolute atomic E-state index is 0.130. The average molecular weight is 339 g/mol. The Balaban J connectivity index is 1.89. The predicted octanol–water partition coefficient (Wildman–Crippen LogP) is 3.70. The molecule has 2 rings (SSSR count). The summed E-state index contributed by atoms with van der Waals surface area (Å²) in [4.78, 5) is 0. The van der Waals surface area contributed by atoms with Crippen LogP contribution in [0, 0.1) is 0 Å². The Labute approximate surface area is 140 Å². The second-order valence-corrected chi connectivity index (χ2v) is 12.6. The molecule has 1 saturated heterocycles. The SMILES string of the molecule is CC(C)(C)[Si](C)(C)OC[C@H]1OC(O)C[C@@H]1OCc1ccccc1. The van der Waals surface area contributed by atoms with Crippen LogP contribution in [-0.2, 0) is 20.5 Å². The Hall–Kier alpha value is -0.723. The van der Waals surface area contributed by atoms with Crippen LogP contribution in [0.15, 0.2) is 30.3 Å². The van der Waals surface area contributed by atoms with Crippen LogP contribution in [-0.4, -0.2) is 38.5 Å². The third-order valence-corrected chi connectivity index (χ3v) is 9.40. The third-order valence-electron chi connectivity index (χ3n) is 4.90. The molecule has 0 spiro atoms. The molecule has 1 aliphatic rings. The van der Waals surface area contributed by atoms with Crippen molar-refractivity contribution in [3.05, 3.63) is 35.9 Å². The first-order valence-electron chi connectivity index (χ1n) is 8.32. The van der Waals surface area contributed by atoms with E-state index in [-0.39, 0.29) is 17.2 Å². The lowest BCUT2D eigenvalue weighted by molar-refractivity contribution is -0.111. The number of rotatable bonds is 6. The number of ether oxygens (including phenoxy) is 2. The Morgan fingerprint density at radius 2 is 1.87 bits per heavy atom. The summed E-state index contributed by atoms with van der Waals surface area (Å²) in [6.07, 6.45) is -0.597. The molecule has 1 unspecified atom stereocenters. The topological polar surface area (TPSA) is 47.9 Å². The van der Waals surface area contributed by atoms with Gasteiger partial charge in [0.15, 0.2) is 14.6 Å². The molecule has 1 fully saturated rings. The van der Waals surface area contributed by atoms with E-state index in [1.807, 2.05) is 30.3 Å². The van der Waals surface area contributed by atoms with E-state index < -0.39 is 14.6 Å². The first kappa shape index (κ1) is 18.6. The van der Waals surface area contributed by atoms with Gasteiger partial charge < -0.3 is 19.0 Å². The van der Waals surface area contributed by atoms with Gasteiger partial charge in [-0.2, -0.15) is 0 Å². The van der Waals surface area contributed by atoms with E-state index >= 15 is 0 Å². The summed E-state index contributed by atoms with van der Waals surface area (Å²) >= 11 is 0. The summed E-state index contributed by atoms with van der Waals surface area (Å²) < 4.78 is 17.8. The molecule has 130 valence electrons. The molecule has 0 saturated carbocycles. The molecule has 0 amide bonds. The fourth-order valence-electron chi connectivity index (χ4n) is 2.30. The number of hydrogen-bond donors (Lipinski definition) is 1. The van der Waals surface area contributed by atoms with E-state index in [1.165, 1.54) is 0 Å². The van der Waals surface area contributed by atoms with Crippen LogP contribution in [0.4, 0.5) is 0 Å². The molecule has 0 bridgehead atoms. The van der Waals surface area contributed by atoms with Gasteiger partial charge in [-0.15, -0.1) is 0 Å². The van der Waals surface area contributed by atoms with E-state index in [0.29, 0.717) is 19.6 Å². The van der Waals surface area contributed by atoms with Crippen molar-refractivity contribution in [1.82, 2.24) is 0 Å². The van der Waals surface area contributed by atoms with Crippen LogP contribution in [0.5, 0.6) is 0 Å². The molecule has 5 heteroatoms. The van der Waals surface area contributed by atoms with Crippen molar-refractivity contribution in [2.24, 2.45) is 0 Å². The van der Waals surface area contributed by atoms with Crippen LogP contribution in [0.1, 0.15) is 32.8 Å². The molecule has 0 radical (unpaired) electrons. The standard InChI is InChI=1S/C18H30O4Si/c1-18(2,3)23(4,5)21-13-16-15(11-17(19)22-16)20-12-14-9-7-6-8-10-14/h6-10,15-17,19H,11-13H2,1-5H3/t15-,16+,17?/m0/s1.